The normalized spacial score (nSPS) is 22.8. The molecule has 1 aliphatic carbocycles. The number of nitrogens with one attached hydrogen (secondary N) is 1. The van der Waals surface area contributed by atoms with Crippen molar-refractivity contribution in [2.24, 2.45) is 16.7 Å². The van der Waals surface area contributed by atoms with E-state index < -0.39 is 0 Å². The molecule has 0 heterocycles. The molecule has 0 aliphatic heterocycles. The molecule has 1 nitrogen and oxygen atoms in total. The van der Waals surface area contributed by atoms with Crippen LogP contribution in [0.3, 0.4) is 0 Å². The van der Waals surface area contributed by atoms with Gasteiger partial charge >= 0.3 is 0 Å². The van der Waals surface area contributed by atoms with Crippen LogP contribution in [0, 0.1) is 16.7 Å². The quantitative estimate of drug-likeness (QED) is 0.830. The lowest BCUT2D eigenvalue weighted by Gasteiger charge is -2.19. The van der Waals surface area contributed by atoms with Crippen LogP contribution < -0.4 is 5.32 Å². The summed E-state index contributed by atoms with van der Waals surface area (Å²) in [4.78, 5) is 0. The van der Waals surface area contributed by atoms with Gasteiger partial charge in [0.05, 0.1) is 10.0 Å². The molecule has 2 rings (SSSR count). The van der Waals surface area contributed by atoms with Gasteiger partial charge in [-0.15, -0.1) is 0 Å². The minimum absolute atomic E-state index is 0.324. The highest BCUT2D eigenvalue weighted by molar-refractivity contribution is 6.42. The first kappa shape index (κ1) is 14.2. The second-order valence-corrected chi connectivity index (χ2v) is 7.18. The molecule has 1 unspecified atom stereocenters. The van der Waals surface area contributed by atoms with Crippen LogP contribution in [0.1, 0.15) is 39.3 Å². The summed E-state index contributed by atoms with van der Waals surface area (Å²) in [7, 11) is 2.01. The molecule has 0 spiro atoms. The van der Waals surface area contributed by atoms with Gasteiger partial charge < -0.3 is 5.32 Å². The zero-order valence-corrected chi connectivity index (χ0v) is 13.2. The van der Waals surface area contributed by atoms with Gasteiger partial charge in [-0.3, -0.25) is 0 Å². The van der Waals surface area contributed by atoms with Gasteiger partial charge in [-0.05, 0) is 41.5 Å². The predicted molar refractivity (Wildman–Crippen MR) is 79.3 cm³/mol. The van der Waals surface area contributed by atoms with Crippen LogP contribution in [0.25, 0.3) is 0 Å². The first-order valence-electron chi connectivity index (χ1n) is 6.35. The Morgan fingerprint density at radius 2 is 1.61 bits per heavy atom. The summed E-state index contributed by atoms with van der Waals surface area (Å²) in [5, 5.41) is 4.68. The summed E-state index contributed by atoms with van der Waals surface area (Å²) in [6.45, 7) is 9.33. The third-order valence-corrected chi connectivity index (χ3v) is 5.82. The van der Waals surface area contributed by atoms with Gasteiger partial charge in [0.1, 0.15) is 0 Å². The van der Waals surface area contributed by atoms with Crippen molar-refractivity contribution in [1.82, 2.24) is 5.32 Å². The van der Waals surface area contributed by atoms with Crippen molar-refractivity contribution in [3.05, 3.63) is 33.8 Å². The van der Waals surface area contributed by atoms with E-state index in [-0.39, 0.29) is 0 Å². The van der Waals surface area contributed by atoms with E-state index in [1.807, 2.05) is 19.2 Å². The van der Waals surface area contributed by atoms with E-state index in [0.717, 1.165) is 0 Å². The van der Waals surface area contributed by atoms with Crippen molar-refractivity contribution in [2.45, 2.75) is 33.7 Å². The Morgan fingerprint density at radius 1 is 1.06 bits per heavy atom. The molecule has 100 valence electrons. The molecule has 0 aromatic heterocycles. The first-order chi connectivity index (χ1) is 8.23. The van der Waals surface area contributed by atoms with Gasteiger partial charge in [0.15, 0.2) is 0 Å². The number of halogens is 2. The topological polar surface area (TPSA) is 12.0 Å². The average molecular weight is 286 g/mol. The molecule has 1 aliphatic rings. The summed E-state index contributed by atoms with van der Waals surface area (Å²) in [6.07, 6.45) is 0. The van der Waals surface area contributed by atoms with Crippen LogP contribution in [0.4, 0.5) is 0 Å². The second-order valence-electron chi connectivity index (χ2n) is 6.36. The summed E-state index contributed by atoms with van der Waals surface area (Å²) in [5.74, 6) is 0.604. The Labute approximate surface area is 120 Å². The van der Waals surface area contributed by atoms with Crippen molar-refractivity contribution >= 4 is 23.2 Å². The molecule has 1 aromatic rings. The highest BCUT2D eigenvalue weighted by atomic mass is 35.5. The average Bonchev–Trinajstić information content (AvgIpc) is 2.67. The Balaban J connectivity index is 2.33. The molecule has 1 saturated carbocycles. The fraction of sp³-hybridized carbons (Fsp3) is 0.600. The lowest BCUT2D eigenvalue weighted by Crippen LogP contribution is -2.21. The molecule has 3 heteroatoms. The van der Waals surface area contributed by atoms with E-state index in [1.54, 1.807) is 0 Å². The zero-order chi connectivity index (χ0) is 13.7. The Hall–Kier alpha value is -0.240. The number of hydrogen-bond donors (Lipinski definition) is 1. The molecule has 1 aromatic carbocycles. The lowest BCUT2D eigenvalue weighted by atomic mass is 9.97. The minimum atomic E-state index is 0.324. The third-order valence-electron chi connectivity index (χ3n) is 5.08. The SMILES string of the molecule is CNC(c1ccc(Cl)c(Cl)c1)C1C(C)(C)C1(C)C. The van der Waals surface area contributed by atoms with Crippen molar-refractivity contribution in [3.63, 3.8) is 0 Å². The monoisotopic (exact) mass is 285 g/mol. The number of rotatable bonds is 3. The van der Waals surface area contributed by atoms with Crippen molar-refractivity contribution in [1.29, 1.82) is 0 Å². The van der Waals surface area contributed by atoms with Gasteiger partial charge in [0.2, 0.25) is 0 Å². The van der Waals surface area contributed by atoms with Crippen LogP contribution in [0.2, 0.25) is 10.0 Å². The lowest BCUT2D eigenvalue weighted by molar-refractivity contribution is 0.438. The van der Waals surface area contributed by atoms with Crippen molar-refractivity contribution in [2.75, 3.05) is 7.05 Å². The van der Waals surface area contributed by atoms with Crippen LogP contribution in [-0.2, 0) is 0 Å². The Kier molecular flexibility index (Phi) is 3.46. The Morgan fingerprint density at radius 3 is 2.00 bits per heavy atom. The maximum atomic E-state index is 6.12. The second kappa shape index (κ2) is 4.40. The molecule has 0 radical (unpaired) electrons. The van der Waals surface area contributed by atoms with Gasteiger partial charge in [-0.25, -0.2) is 0 Å². The molecule has 0 saturated heterocycles. The maximum absolute atomic E-state index is 6.12. The fourth-order valence-electron chi connectivity index (χ4n) is 3.31. The van der Waals surface area contributed by atoms with Crippen molar-refractivity contribution < 1.29 is 0 Å². The summed E-state index contributed by atoms with van der Waals surface area (Å²) < 4.78 is 0. The van der Waals surface area contributed by atoms with Crippen LogP contribution in [-0.4, -0.2) is 7.05 Å². The van der Waals surface area contributed by atoms with E-state index in [4.69, 9.17) is 23.2 Å². The Bertz CT molecular complexity index is 452. The molecular weight excluding hydrogens is 265 g/mol. The molecule has 0 bridgehead atoms. The third kappa shape index (κ3) is 1.97. The first-order valence-corrected chi connectivity index (χ1v) is 7.11. The standard InChI is InChI=1S/C15H21Cl2N/c1-14(2)13(15(14,3)4)12(18-5)9-6-7-10(16)11(17)8-9/h6-8,12-13,18H,1-5H3. The van der Waals surface area contributed by atoms with Crippen LogP contribution >= 0.6 is 23.2 Å². The summed E-state index contributed by atoms with van der Waals surface area (Å²) in [6, 6.07) is 6.26. The van der Waals surface area contributed by atoms with Crippen LogP contribution in [0.5, 0.6) is 0 Å². The van der Waals surface area contributed by atoms with Gasteiger partial charge in [0.25, 0.3) is 0 Å². The van der Waals surface area contributed by atoms with Crippen LogP contribution in [0.15, 0.2) is 18.2 Å². The molecule has 1 N–H and O–H groups in total. The largest absolute Gasteiger partial charge is 0.313 e. The molecular formula is C15H21Cl2N. The van der Waals surface area contributed by atoms with Gasteiger partial charge in [0, 0.05) is 6.04 Å². The maximum Gasteiger partial charge on any atom is 0.0595 e. The number of benzene rings is 1. The highest BCUT2D eigenvalue weighted by Crippen LogP contribution is 2.72. The zero-order valence-electron chi connectivity index (χ0n) is 11.6. The molecule has 1 atom stereocenters. The predicted octanol–water partition coefficient (Wildman–Crippen LogP) is 4.94. The summed E-state index contributed by atoms with van der Waals surface area (Å²) in [5.41, 5.74) is 1.90. The van der Waals surface area contributed by atoms with E-state index in [9.17, 15) is 0 Å². The van der Waals surface area contributed by atoms with Gasteiger partial charge in [-0.2, -0.15) is 0 Å². The summed E-state index contributed by atoms with van der Waals surface area (Å²) >= 11 is 12.1. The number of hydrogen-bond acceptors (Lipinski definition) is 1. The van der Waals surface area contributed by atoms with E-state index in [1.165, 1.54) is 5.56 Å². The highest BCUT2D eigenvalue weighted by Gasteiger charge is 2.67. The van der Waals surface area contributed by atoms with Gasteiger partial charge in [-0.1, -0.05) is 57.0 Å². The molecule has 0 amide bonds. The molecule has 1 fully saturated rings. The van der Waals surface area contributed by atoms with E-state index >= 15 is 0 Å². The van der Waals surface area contributed by atoms with Crippen molar-refractivity contribution in [3.8, 4) is 0 Å². The fourth-order valence-corrected chi connectivity index (χ4v) is 3.62. The smallest absolute Gasteiger partial charge is 0.0595 e. The van der Waals surface area contributed by atoms with E-state index in [2.05, 4.69) is 39.1 Å². The molecule has 18 heavy (non-hydrogen) atoms. The van der Waals surface area contributed by atoms with E-state index in [0.29, 0.717) is 32.8 Å². The minimum Gasteiger partial charge on any atom is -0.313 e.